The first-order chi connectivity index (χ1) is 8.22. The van der Waals surface area contributed by atoms with Crippen LogP contribution in [-0.2, 0) is 0 Å². The molecule has 5 nitrogen and oxygen atoms in total. The van der Waals surface area contributed by atoms with Crippen molar-refractivity contribution in [3.05, 3.63) is 22.0 Å². The molecule has 0 spiro atoms. The second kappa shape index (κ2) is 6.90. The normalized spacial score (nSPS) is 9.59. The minimum absolute atomic E-state index is 0. The van der Waals surface area contributed by atoms with Gasteiger partial charge in [-0.25, -0.2) is 4.79 Å². The second-order valence-electron chi connectivity index (χ2n) is 3.20. The molecule has 0 aromatic carbocycles. The van der Waals surface area contributed by atoms with Gasteiger partial charge in [-0.3, -0.25) is 9.51 Å². The van der Waals surface area contributed by atoms with Crippen LogP contribution >= 0.6 is 11.3 Å². The van der Waals surface area contributed by atoms with Gasteiger partial charge in [-0.05, 0) is 18.4 Å². The maximum Gasteiger partial charge on any atom is 0.439 e. The van der Waals surface area contributed by atoms with Crippen LogP contribution < -0.4 is 10.5 Å². The summed E-state index contributed by atoms with van der Waals surface area (Å²) in [5.41, 5.74) is 0. The predicted molar refractivity (Wildman–Crippen MR) is 69.7 cm³/mol. The monoisotopic (exact) mass is 258 g/mol. The summed E-state index contributed by atoms with van der Waals surface area (Å²) in [5, 5.41) is 5.46. The van der Waals surface area contributed by atoms with Gasteiger partial charge in [0.25, 0.3) is 0 Å². The van der Waals surface area contributed by atoms with Crippen molar-refractivity contribution >= 4 is 11.3 Å². The van der Waals surface area contributed by atoms with E-state index in [9.17, 15) is 4.79 Å². The molecule has 0 aliphatic carbocycles. The summed E-state index contributed by atoms with van der Waals surface area (Å²) < 4.78 is 9.76. The van der Waals surface area contributed by atoms with Gasteiger partial charge in [-0.2, -0.15) is 0 Å². The summed E-state index contributed by atoms with van der Waals surface area (Å²) in [5.74, 6) is 0.561. The lowest BCUT2D eigenvalue weighted by Gasteiger charge is -2.00. The van der Waals surface area contributed by atoms with E-state index in [-0.39, 0.29) is 1.43 Å². The largest absolute Gasteiger partial charge is 0.492 e. The molecule has 0 saturated carbocycles. The molecule has 2 aromatic heterocycles. The topological polar surface area (TPSA) is 68.1 Å². The van der Waals surface area contributed by atoms with Crippen molar-refractivity contribution in [2.24, 2.45) is 0 Å². The minimum Gasteiger partial charge on any atom is -0.492 e. The molecule has 2 heterocycles. The molecule has 0 aliphatic rings. The molecule has 6 heteroatoms. The number of hydrogen-bond acceptors (Lipinski definition) is 5. The zero-order chi connectivity index (χ0) is 12.7. The van der Waals surface area contributed by atoms with E-state index in [4.69, 9.17) is 4.74 Å². The maximum atomic E-state index is 10.7. The summed E-state index contributed by atoms with van der Waals surface area (Å²) in [4.78, 5) is 14.0. The molecule has 0 bridgehead atoms. The van der Waals surface area contributed by atoms with Crippen LogP contribution in [0.3, 0.4) is 0 Å². The SMILES string of the molecule is CCC.CCOc1ccsc1-c1noc(=O)[nH]1.[HH]. The van der Waals surface area contributed by atoms with E-state index in [1.807, 2.05) is 18.4 Å². The Hall–Kier alpha value is -1.56. The number of ether oxygens (including phenoxy) is 1. The Labute approximate surface area is 105 Å². The molecule has 1 N–H and O–H groups in total. The van der Waals surface area contributed by atoms with Crippen LogP contribution in [0.25, 0.3) is 10.7 Å². The molecule has 0 radical (unpaired) electrons. The van der Waals surface area contributed by atoms with Crippen molar-refractivity contribution in [2.45, 2.75) is 27.2 Å². The van der Waals surface area contributed by atoms with Crippen LogP contribution in [0.15, 0.2) is 20.8 Å². The van der Waals surface area contributed by atoms with Crippen LogP contribution in [0.5, 0.6) is 5.75 Å². The number of nitrogens with zero attached hydrogens (tertiary/aromatic N) is 1. The third-order valence-electron chi connectivity index (χ3n) is 1.58. The van der Waals surface area contributed by atoms with Crippen LogP contribution in [0.4, 0.5) is 0 Å². The highest BCUT2D eigenvalue weighted by Crippen LogP contribution is 2.32. The second-order valence-corrected chi connectivity index (χ2v) is 4.11. The zero-order valence-electron chi connectivity index (χ0n) is 10.1. The van der Waals surface area contributed by atoms with E-state index in [1.54, 1.807) is 0 Å². The average molecular weight is 258 g/mol. The Morgan fingerprint density at radius 2 is 2.24 bits per heavy atom. The number of thiophene rings is 1. The first-order valence-corrected chi connectivity index (χ1v) is 6.37. The summed E-state index contributed by atoms with van der Waals surface area (Å²) in [6, 6.07) is 1.83. The van der Waals surface area contributed by atoms with Crippen LogP contribution in [0.2, 0.25) is 0 Å². The molecule has 0 amide bonds. The van der Waals surface area contributed by atoms with Crippen molar-refractivity contribution in [3.8, 4) is 16.5 Å². The Bertz CT molecular complexity index is 492. The summed E-state index contributed by atoms with van der Waals surface area (Å²) >= 11 is 1.44. The Morgan fingerprint density at radius 3 is 2.76 bits per heavy atom. The third kappa shape index (κ3) is 3.74. The number of H-pyrrole nitrogens is 1. The molecule has 2 aromatic rings. The van der Waals surface area contributed by atoms with Crippen LogP contribution in [0.1, 0.15) is 28.6 Å². The molecular formula is C11H18N2O3S. The number of rotatable bonds is 3. The van der Waals surface area contributed by atoms with Gasteiger partial charge in [-0.1, -0.05) is 25.4 Å². The lowest BCUT2D eigenvalue weighted by Crippen LogP contribution is -1.95. The van der Waals surface area contributed by atoms with Gasteiger partial charge in [-0.15, -0.1) is 11.3 Å². The zero-order valence-corrected chi connectivity index (χ0v) is 11.0. The fourth-order valence-corrected chi connectivity index (χ4v) is 1.84. The van der Waals surface area contributed by atoms with E-state index in [2.05, 4.69) is 28.5 Å². The highest BCUT2D eigenvalue weighted by atomic mass is 32.1. The quantitative estimate of drug-likeness (QED) is 0.918. The van der Waals surface area contributed by atoms with E-state index < -0.39 is 5.76 Å². The van der Waals surface area contributed by atoms with Gasteiger partial charge in [0, 0.05) is 1.43 Å². The maximum absolute atomic E-state index is 10.7. The van der Waals surface area contributed by atoms with E-state index in [1.165, 1.54) is 17.8 Å². The summed E-state index contributed by atoms with van der Waals surface area (Å²) in [6.45, 7) is 6.72. The molecule has 2 rings (SSSR count). The fraction of sp³-hybridized carbons (Fsp3) is 0.455. The molecule has 0 atom stereocenters. The van der Waals surface area contributed by atoms with Crippen molar-refractivity contribution in [1.82, 2.24) is 10.1 Å². The van der Waals surface area contributed by atoms with E-state index in [0.29, 0.717) is 18.2 Å². The lowest BCUT2D eigenvalue weighted by atomic mass is 10.4. The van der Waals surface area contributed by atoms with Crippen molar-refractivity contribution in [2.75, 3.05) is 6.61 Å². The summed E-state index contributed by atoms with van der Waals surface area (Å²) in [7, 11) is 0. The summed E-state index contributed by atoms with van der Waals surface area (Å²) in [6.07, 6.45) is 1.25. The van der Waals surface area contributed by atoms with Crippen LogP contribution in [0, 0.1) is 0 Å². The van der Waals surface area contributed by atoms with Gasteiger partial charge in [0.2, 0.25) is 0 Å². The van der Waals surface area contributed by atoms with E-state index >= 15 is 0 Å². The Balaban J connectivity index is 0.000000660. The van der Waals surface area contributed by atoms with Gasteiger partial charge >= 0.3 is 5.76 Å². The molecule has 17 heavy (non-hydrogen) atoms. The Kier molecular flexibility index (Phi) is 5.48. The van der Waals surface area contributed by atoms with Crippen molar-refractivity contribution in [1.29, 1.82) is 0 Å². The minimum atomic E-state index is -0.559. The number of aromatic amines is 1. The molecule has 96 valence electrons. The van der Waals surface area contributed by atoms with Gasteiger partial charge in [0.15, 0.2) is 5.82 Å². The van der Waals surface area contributed by atoms with Gasteiger partial charge in [0.05, 0.1) is 6.61 Å². The van der Waals surface area contributed by atoms with E-state index in [0.717, 1.165) is 4.88 Å². The highest BCUT2D eigenvalue weighted by Gasteiger charge is 2.12. The number of aromatic nitrogens is 2. The third-order valence-corrected chi connectivity index (χ3v) is 2.49. The Morgan fingerprint density at radius 1 is 1.53 bits per heavy atom. The smallest absolute Gasteiger partial charge is 0.439 e. The number of nitrogens with one attached hydrogen (secondary N) is 1. The van der Waals surface area contributed by atoms with Crippen molar-refractivity contribution in [3.63, 3.8) is 0 Å². The molecule has 0 fully saturated rings. The predicted octanol–water partition coefficient (Wildman–Crippen LogP) is 3.15. The fourth-order valence-electron chi connectivity index (χ4n) is 1.07. The lowest BCUT2D eigenvalue weighted by molar-refractivity contribution is 0.342. The van der Waals surface area contributed by atoms with Crippen LogP contribution in [-0.4, -0.2) is 16.7 Å². The van der Waals surface area contributed by atoms with Crippen molar-refractivity contribution < 1.29 is 10.7 Å². The standard InChI is InChI=1S/C8H8N2O3S.C3H8.H2/c1-2-12-5-3-4-14-6(5)7-9-8(11)13-10-7;1-3-2;/h3-4H,2H2,1H3,(H,9,10,11);3H2,1-2H3;1H. The first-order valence-electron chi connectivity index (χ1n) is 5.49. The highest BCUT2D eigenvalue weighted by molar-refractivity contribution is 7.13. The first kappa shape index (κ1) is 13.5. The van der Waals surface area contributed by atoms with Gasteiger partial charge < -0.3 is 4.74 Å². The molecule has 0 saturated heterocycles. The average Bonchev–Trinajstić information content (AvgIpc) is 2.88. The number of hydrogen-bond donors (Lipinski definition) is 1. The molecule has 0 aliphatic heterocycles. The molecule has 0 unspecified atom stereocenters. The molecular weight excluding hydrogens is 240 g/mol. The van der Waals surface area contributed by atoms with Gasteiger partial charge in [0.1, 0.15) is 10.6 Å².